The van der Waals surface area contributed by atoms with Crippen LogP contribution >= 0.6 is 0 Å². The van der Waals surface area contributed by atoms with Crippen molar-refractivity contribution >= 4 is 21.9 Å². The summed E-state index contributed by atoms with van der Waals surface area (Å²) in [6, 6.07) is 0. The van der Waals surface area contributed by atoms with Gasteiger partial charge in [0.1, 0.15) is 24.6 Å². The Labute approximate surface area is 106 Å². The molecule has 0 amide bonds. The van der Waals surface area contributed by atoms with Crippen LogP contribution in [0.3, 0.4) is 0 Å². The van der Waals surface area contributed by atoms with Crippen molar-refractivity contribution in [3.8, 4) is 0 Å². The highest BCUT2D eigenvalue weighted by molar-refractivity contribution is 7.85. The molecule has 7 heteroatoms. The maximum Gasteiger partial charge on any atom is 0.313 e. The van der Waals surface area contributed by atoms with Gasteiger partial charge in [0.2, 0.25) is 0 Å². The van der Waals surface area contributed by atoms with Crippen LogP contribution in [0, 0.1) is 5.92 Å². The van der Waals surface area contributed by atoms with Gasteiger partial charge in [-0.05, 0) is 12.8 Å². The topological polar surface area (TPSA) is 97.7 Å². The number of esters is 1. The Hall–Kier alpha value is -0.950. The fourth-order valence-corrected chi connectivity index (χ4v) is 2.32. The molecule has 0 bridgehead atoms. The predicted molar refractivity (Wildman–Crippen MR) is 63.6 cm³/mol. The van der Waals surface area contributed by atoms with Crippen LogP contribution in [0.5, 0.6) is 0 Å². The minimum Gasteiger partial charge on any atom is -0.464 e. The molecule has 0 spiro atoms. The van der Waals surface area contributed by atoms with Crippen molar-refractivity contribution in [1.29, 1.82) is 0 Å². The van der Waals surface area contributed by atoms with Crippen LogP contribution < -0.4 is 0 Å². The Balaban J connectivity index is 2.24. The SMILES string of the molecule is O=C(CC(=O)C1CCCCC1)OCCS(=O)(=O)O. The lowest BCUT2D eigenvalue weighted by molar-refractivity contribution is -0.146. The zero-order valence-electron chi connectivity index (χ0n) is 10.1. The van der Waals surface area contributed by atoms with Crippen molar-refractivity contribution in [3.63, 3.8) is 0 Å². The minimum atomic E-state index is -4.13. The molecule has 1 fully saturated rings. The van der Waals surface area contributed by atoms with Crippen LogP contribution in [0.4, 0.5) is 0 Å². The molecule has 0 aliphatic heterocycles. The van der Waals surface area contributed by atoms with Crippen LogP contribution in [0.25, 0.3) is 0 Å². The highest BCUT2D eigenvalue weighted by Gasteiger charge is 2.23. The van der Waals surface area contributed by atoms with Crippen molar-refractivity contribution in [2.45, 2.75) is 38.5 Å². The van der Waals surface area contributed by atoms with E-state index in [1.165, 1.54) is 0 Å². The molecule has 1 saturated carbocycles. The number of ether oxygens (including phenoxy) is 1. The molecule has 0 heterocycles. The Kier molecular flexibility index (Phi) is 5.74. The van der Waals surface area contributed by atoms with Crippen LogP contribution in [-0.2, 0) is 24.4 Å². The smallest absolute Gasteiger partial charge is 0.313 e. The zero-order chi connectivity index (χ0) is 13.6. The lowest BCUT2D eigenvalue weighted by Gasteiger charge is -2.19. The molecule has 18 heavy (non-hydrogen) atoms. The van der Waals surface area contributed by atoms with E-state index in [4.69, 9.17) is 4.55 Å². The van der Waals surface area contributed by atoms with Crippen LogP contribution in [0.2, 0.25) is 0 Å². The number of carbonyl (C=O) groups is 2. The fourth-order valence-electron chi connectivity index (χ4n) is 2.02. The molecule has 0 aromatic rings. The minimum absolute atomic E-state index is 0.0622. The van der Waals surface area contributed by atoms with Crippen molar-refractivity contribution in [2.75, 3.05) is 12.4 Å². The normalized spacial score (nSPS) is 17.4. The summed E-state index contributed by atoms with van der Waals surface area (Å²) >= 11 is 0. The van der Waals surface area contributed by atoms with Gasteiger partial charge in [0.15, 0.2) is 0 Å². The quantitative estimate of drug-likeness (QED) is 0.441. The van der Waals surface area contributed by atoms with Crippen molar-refractivity contribution < 1.29 is 27.3 Å². The van der Waals surface area contributed by atoms with Gasteiger partial charge in [-0.1, -0.05) is 19.3 Å². The first-order chi connectivity index (χ1) is 8.38. The zero-order valence-corrected chi connectivity index (χ0v) is 10.9. The molecule has 0 saturated heterocycles. The third kappa shape index (κ3) is 6.11. The molecule has 1 aliphatic carbocycles. The van der Waals surface area contributed by atoms with Gasteiger partial charge in [-0.3, -0.25) is 14.1 Å². The highest BCUT2D eigenvalue weighted by atomic mass is 32.2. The van der Waals surface area contributed by atoms with Gasteiger partial charge in [0.05, 0.1) is 0 Å². The van der Waals surface area contributed by atoms with Gasteiger partial charge >= 0.3 is 5.97 Å². The predicted octanol–water partition coefficient (Wildman–Crippen LogP) is 0.957. The molecule has 0 radical (unpaired) electrons. The first kappa shape index (κ1) is 15.1. The molecular formula is C11H18O6S. The van der Waals surface area contributed by atoms with Gasteiger partial charge in [0, 0.05) is 5.92 Å². The lowest BCUT2D eigenvalue weighted by Crippen LogP contribution is -2.23. The second-order valence-electron chi connectivity index (χ2n) is 4.48. The molecule has 0 aromatic carbocycles. The van der Waals surface area contributed by atoms with E-state index in [-0.39, 0.29) is 18.1 Å². The Bertz CT molecular complexity index is 394. The summed E-state index contributed by atoms with van der Waals surface area (Å²) in [6.45, 7) is -0.421. The molecule has 1 rings (SSSR count). The number of hydrogen-bond donors (Lipinski definition) is 1. The van der Waals surface area contributed by atoms with Crippen molar-refractivity contribution in [2.24, 2.45) is 5.92 Å². The summed E-state index contributed by atoms with van der Waals surface area (Å²) in [4.78, 5) is 23.0. The Morgan fingerprint density at radius 2 is 1.78 bits per heavy atom. The van der Waals surface area contributed by atoms with Gasteiger partial charge < -0.3 is 4.74 Å². The van der Waals surface area contributed by atoms with Crippen LogP contribution in [-0.4, -0.2) is 37.1 Å². The van der Waals surface area contributed by atoms with Gasteiger partial charge in [-0.2, -0.15) is 8.42 Å². The highest BCUT2D eigenvalue weighted by Crippen LogP contribution is 2.25. The van der Waals surface area contributed by atoms with Crippen molar-refractivity contribution in [3.05, 3.63) is 0 Å². The van der Waals surface area contributed by atoms with Crippen LogP contribution in [0.15, 0.2) is 0 Å². The van der Waals surface area contributed by atoms with E-state index < -0.39 is 28.4 Å². The molecule has 1 aliphatic rings. The van der Waals surface area contributed by atoms with E-state index in [9.17, 15) is 18.0 Å². The third-order valence-corrected chi connectivity index (χ3v) is 3.67. The molecule has 1 N–H and O–H groups in total. The summed E-state index contributed by atoms with van der Waals surface area (Å²) in [5.41, 5.74) is 0. The molecule has 0 aromatic heterocycles. The standard InChI is InChI=1S/C11H18O6S/c12-10(9-4-2-1-3-5-9)8-11(13)17-6-7-18(14,15)16/h9H,1-8H2,(H,14,15,16). The van der Waals surface area contributed by atoms with Crippen molar-refractivity contribution in [1.82, 2.24) is 0 Å². The van der Waals surface area contributed by atoms with E-state index in [0.29, 0.717) is 0 Å². The van der Waals surface area contributed by atoms with Gasteiger partial charge in [0.25, 0.3) is 10.1 Å². The van der Waals surface area contributed by atoms with E-state index in [0.717, 1.165) is 32.1 Å². The number of Topliss-reactive ketones (excluding diaryl/α,β-unsaturated/α-hetero) is 1. The summed E-state index contributed by atoms with van der Waals surface area (Å²) < 4.78 is 33.8. The Morgan fingerprint density at radius 3 is 2.33 bits per heavy atom. The number of hydrogen-bond acceptors (Lipinski definition) is 5. The van der Waals surface area contributed by atoms with E-state index >= 15 is 0 Å². The van der Waals surface area contributed by atoms with E-state index in [1.54, 1.807) is 0 Å². The molecular weight excluding hydrogens is 260 g/mol. The average Bonchev–Trinajstić information content (AvgIpc) is 2.28. The van der Waals surface area contributed by atoms with Gasteiger partial charge in [-0.25, -0.2) is 0 Å². The fraction of sp³-hybridized carbons (Fsp3) is 0.818. The van der Waals surface area contributed by atoms with E-state index in [2.05, 4.69) is 4.74 Å². The number of carbonyl (C=O) groups excluding carboxylic acids is 2. The molecule has 104 valence electrons. The second kappa shape index (κ2) is 6.84. The summed E-state index contributed by atoms with van der Waals surface area (Å²) in [7, 11) is -4.13. The molecule has 6 nitrogen and oxygen atoms in total. The monoisotopic (exact) mass is 278 g/mol. The van der Waals surface area contributed by atoms with Gasteiger partial charge in [-0.15, -0.1) is 0 Å². The summed E-state index contributed by atoms with van der Waals surface area (Å²) in [6.07, 6.45) is 4.47. The first-order valence-electron chi connectivity index (χ1n) is 6.02. The van der Waals surface area contributed by atoms with E-state index in [1.807, 2.05) is 0 Å². The Morgan fingerprint density at radius 1 is 1.17 bits per heavy atom. The second-order valence-corrected chi connectivity index (χ2v) is 6.06. The maximum atomic E-state index is 11.7. The lowest BCUT2D eigenvalue weighted by atomic mass is 9.85. The summed E-state index contributed by atoms with van der Waals surface area (Å²) in [5, 5.41) is 0. The molecule has 0 atom stereocenters. The van der Waals surface area contributed by atoms with Crippen LogP contribution in [0.1, 0.15) is 38.5 Å². The number of rotatable bonds is 6. The average molecular weight is 278 g/mol. The summed E-state index contributed by atoms with van der Waals surface area (Å²) in [5.74, 6) is -1.57. The maximum absolute atomic E-state index is 11.7. The molecule has 0 unspecified atom stereocenters. The largest absolute Gasteiger partial charge is 0.464 e. The third-order valence-electron chi connectivity index (χ3n) is 2.98. The first-order valence-corrected chi connectivity index (χ1v) is 7.63. The number of ketones is 1.